The van der Waals surface area contributed by atoms with Crippen molar-refractivity contribution in [3.63, 3.8) is 0 Å². The van der Waals surface area contributed by atoms with Gasteiger partial charge in [0.15, 0.2) is 0 Å². The highest BCUT2D eigenvalue weighted by atomic mass is 32.1. The lowest BCUT2D eigenvalue weighted by molar-refractivity contribution is 0.132. The highest BCUT2D eigenvalue weighted by molar-refractivity contribution is 7.09. The second-order valence-electron chi connectivity index (χ2n) is 5.71. The first-order valence-electron chi connectivity index (χ1n) is 6.98. The van der Waals surface area contributed by atoms with Gasteiger partial charge < -0.3 is 5.73 Å². The van der Waals surface area contributed by atoms with E-state index in [4.69, 9.17) is 5.73 Å². The highest BCUT2D eigenvalue weighted by Gasteiger charge is 2.25. The van der Waals surface area contributed by atoms with Gasteiger partial charge in [-0.2, -0.15) is 0 Å². The molecule has 1 aliphatic rings. The van der Waals surface area contributed by atoms with E-state index in [-0.39, 0.29) is 6.04 Å². The summed E-state index contributed by atoms with van der Waals surface area (Å²) in [6.45, 7) is 5.34. The highest BCUT2D eigenvalue weighted by Crippen LogP contribution is 2.28. The Balaban J connectivity index is 1.95. The van der Waals surface area contributed by atoms with Crippen molar-refractivity contribution < 1.29 is 0 Å². The molecular weight excluding hydrogens is 242 g/mol. The molecule has 0 spiro atoms. The third-order valence-electron chi connectivity index (χ3n) is 4.00. The summed E-state index contributed by atoms with van der Waals surface area (Å²) in [5.74, 6) is 0.815. The zero-order chi connectivity index (χ0) is 13.1. The van der Waals surface area contributed by atoms with Crippen LogP contribution in [0.25, 0.3) is 0 Å². The number of thiazole rings is 1. The monoisotopic (exact) mass is 267 g/mol. The summed E-state index contributed by atoms with van der Waals surface area (Å²) in [6.07, 6.45) is 5.48. The fourth-order valence-electron chi connectivity index (χ4n) is 2.93. The first kappa shape index (κ1) is 14.0. The molecule has 1 heterocycles. The standard InChI is InChI=1S/C14H25N3S/c1-10-6-4-5-7-13(10)17(3)8-12-9-18-14(16-12)11(2)15/h9-11,13H,4-8,15H2,1-3H3. The predicted molar refractivity (Wildman–Crippen MR) is 77.6 cm³/mol. The van der Waals surface area contributed by atoms with Gasteiger partial charge in [-0.25, -0.2) is 4.98 Å². The van der Waals surface area contributed by atoms with E-state index in [0.29, 0.717) is 0 Å². The summed E-state index contributed by atoms with van der Waals surface area (Å²) < 4.78 is 0. The lowest BCUT2D eigenvalue weighted by Gasteiger charge is -2.35. The third kappa shape index (κ3) is 3.31. The number of hydrogen-bond acceptors (Lipinski definition) is 4. The first-order valence-corrected chi connectivity index (χ1v) is 7.86. The smallest absolute Gasteiger partial charge is 0.109 e. The Hall–Kier alpha value is -0.450. The van der Waals surface area contributed by atoms with Gasteiger partial charge in [-0.3, -0.25) is 4.90 Å². The van der Waals surface area contributed by atoms with Crippen molar-refractivity contribution >= 4 is 11.3 Å². The minimum atomic E-state index is 0.0580. The van der Waals surface area contributed by atoms with Crippen LogP contribution >= 0.6 is 11.3 Å². The average molecular weight is 267 g/mol. The van der Waals surface area contributed by atoms with Gasteiger partial charge in [-0.15, -0.1) is 11.3 Å². The number of rotatable bonds is 4. The van der Waals surface area contributed by atoms with Crippen molar-refractivity contribution in [3.8, 4) is 0 Å². The molecule has 1 fully saturated rings. The van der Waals surface area contributed by atoms with Gasteiger partial charge in [-0.1, -0.05) is 19.8 Å². The molecule has 0 aliphatic heterocycles. The molecule has 3 unspecified atom stereocenters. The number of aromatic nitrogens is 1. The van der Waals surface area contributed by atoms with Crippen LogP contribution in [0.1, 0.15) is 56.3 Å². The Morgan fingerprint density at radius 3 is 2.83 bits per heavy atom. The molecule has 1 saturated carbocycles. The van der Waals surface area contributed by atoms with Crippen LogP contribution in [-0.2, 0) is 6.54 Å². The van der Waals surface area contributed by atoms with E-state index < -0.39 is 0 Å². The molecule has 0 aromatic carbocycles. The van der Waals surface area contributed by atoms with Crippen molar-refractivity contribution in [3.05, 3.63) is 16.1 Å². The van der Waals surface area contributed by atoms with Gasteiger partial charge >= 0.3 is 0 Å². The number of hydrogen-bond donors (Lipinski definition) is 1. The van der Waals surface area contributed by atoms with Crippen LogP contribution < -0.4 is 5.73 Å². The van der Waals surface area contributed by atoms with E-state index in [1.54, 1.807) is 11.3 Å². The Morgan fingerprint density at radius 1 is 1.50 bits per heavy atom. The van der Waals surface area contributed by atoms with E-state index >= 15 is 0 Å². The van der Waals surface area contributed by atoms with Crippen molar-refractivity contribution in [2.45, 2.75) is 58.2 Å². The summed E-state index contributed by atoms with van der Waals surface area (Å²) in [5, 5.41) is 3.21. The first-order chi connectivity index (χ1) is 8.58. The fourth-order valence-corrected chi connectivity index (χ4v) is 3.70. The Labute approximate surface area is 114 Å². The molecule has 0 amide bonds. The summed E-state index contributed by atoms with van der Waals surface area (Å²) >= 11 is 1.68. The maximum Gasteiger partial charge on any atom is 0.109 e. The van der Waals surface area contributed by atoms with Crippen LogP contribution in [0.2, 0.25) is 0 Å². The molecule has 0 saturated heterocycles. The molecule has 102 valence electrons. The van der Waals surface area contributed by atoms with Gasteiger partial charge in [0, 0.05) is 18.0 Å². The van der Waals surface area contributed by atoms with Gasteiger partial charge in [0.05, 0.1) is 11.7 Å². The normalized spacial score (nSPS) is 26.5. The third-order valence-corrected chi connectivity index (χ3v) is 5.10. The van der Waals surface area contributed by atoms with Crippen LogP contribution in [0.3, 0.4) is 0 Å². The molecule has 1 aromatic rings. The zero-order valence-corrected chi connectivity index (χ0v) is 12.5. The molecule has 3 nitrogen and oxygen atoms in total. The van der Waals surface area contributed by atoms with Crippen LogP contribution in [0.5, 0.6) is 0 Å². The van der Waals surface area contributed by atoms with E-state index in [9.17, 15) is 0 Å². The van der Waals surface area contributed by atoms with Crippen molar-refractivity contribution in [2.24, 2.45) is 11.7 Å². The van der Waals surface area contributed by atoms with Crippen molar-refractivity contribution in [1.29, 1.82) is 0 Å². The van der Waals surface area contributed by atoms with E-state index in [1.807, 2.05) is 6.92 Å². The Kier molecular flexibility index (Phi) is 4.76. The second-order valence-corrected chi connectivity index (χ2v) is 6.60. The zero-order valence-electron chi connectivity index (χ0n) is 11.7. The van der Waals surface area contributed by atoms with E-state index in [1.165, 1.54) is 31.4 Å². The lowest BCUT2D eigenvalue weighted by Crippen LogP contribution is -2.38. The largest absolute Gasteiger partial charge is 0.322 e. The molecule has 1 aliphatic carbocycles. The molecule has 4 heteroatoms. The molecule has 1 aromatic heterocycles. The molecule has 0 radical (unpaired) electrons. The molecule has 3 atom stereocenters. The topological polar surface area (TPSA) is 42.1 Å². The Morgan fingerprint density at radius 2 is 2.22 bits per heavy atom. The van der Waals surface area contributed by atoms with Crippen LogP contribution in [0.15, 0.2) is 5.38 Å². The maximum absolute atomic E-state index is 5.86. The Bertz CT molecular complexity index is 375. The summed E-state index contributed by atoms with van der Waals surface area (Å²) in [7, 11) is 2.23. The van der Waals surface area contributed by atoms with Gasteiger partial charge in [0.1, 0.15) is 5.01 Å². The average Bonchev–Trinajstić information content (AvgIpc) is 2.78. The number of nitrogens with two attached hydrogens (primary N) is 1. The summed E-state index contributed by atoms with van der Waals surface area (Å²) in [6, 6.07) is 0.780. The maximum atomic E-state index is 5.86. The molecule has 2 rings (SSSR count). The van der Waals surface area contributed by atoms with Crippen molar-refractivity contribution in [1.82, 2.24) is 9.88 Å². The van der Waals surface area contributed by atoms with Gasteiger partial charge in [0.25, 0.3) is 0 Å². The fraction of sp³-hybridized carbons (Fsp3) is 0.786. The minimum absolute atomic E-state index is 0.0580. The minimum Gasteiger partial charge on any atom is -0.322 e. The molecule has 18 heavy (non-hydrogen) atoms. The molecular formula is C14H25N3S. The summed E-state index contributed by atoms with van der Waals surface area (Å²) in [5.41, 5.74) is 7.03. The molecule has 2 N–H and O–H groups in total. The SMILES string of the molecule is CC(N)c1nc(CN(C)C2CCCCC2C)cs1. The lowest BCUT2D eigenvalue weighted by atomic mass is 9.85. The van der Waals surface area contributed by atoms with Gasteiger partial charge in [0.2, 0.25) is 0 Å². The quantitative estimate of drug-likeness (QED) is 0.911. The molecule has 0 bridgehead atoms. The van der Waals surface area contributed by atoms with Crippen LogP contribution in [0, 0.1) is 5.92 Å². The second kappa shape index (κ2) is 6.13. The van der Waals surface area contributed by atoms with Crippen LogP contribution in [-0.4, -0.2) is 23.0 Å². The summed E-state index contributed by atoms with van der Waals surface area (Å²) in [4.78, 5) is 7.10. The predicted octanol–water partition coefficient (Wildman–Crippen LogP) is 3.17. The van der Waals surface area contributed by atoms with Crippen LogP contribution in [0.4, 0.5) is 0 Å². The van der Waals surface area contributed by atoms with Gasteiger partial charge in [-0.05, 0) is 32.7 Å². The van der Waals surface area contributed by atoms with Crippen molar-refractivity contribution in [2.75, 3.05) is 7.05 Å². The number of nitrogens with zero attached hydrogens (tertiary/aromatic N) is 2. The van der Waals surface area contributed by atoms with E-state index in [0.717, 1.165) is 23.5 Å². The van der Waals surface area contributed by atoms with E-state index in [2.05, 4.69) is 29.2 Å².